The molecular weight excluding hydrogens is 440 g/mol. The molecule has 1 aliphatic carbocycles. The Kier molecular flexibility index (Phi) is 6.44. The van der Waals surface area contributed by atoms with Crippen molar-refractivity contribution in [2.45, 2.75) is 69.4 Å². The predicted molar refractivity (Wildman–Crippen MR) is 124 cm³/mol. The van der Waals surface area contributed by atoms with Gasteiger partial charge in [0, 0.05) is 29.3 Å². The third kappa shape index (κ3) is 5.03. The Morgan fingerprint density at radius 1 is 1.03 bits per heavy atom. The van der Waals surface area contributed by atoms with Gasteiger partial charge in [0.1, 0.15) is 0 Å². The molecule has 1 saturated heterocycles. The second kappa shape index (κ2) is 9.50. The summed E-state index contributed by atoms with van der Waals surface area (Å²) < 4.78 is 36.4. The fraction of sp³-hybridized carbons (Fsp3) is 0.500. The molecule has 8 heteroatoms. The van der Waals surface area contributed by atoms with Gasteiger partial charge in [0.25, 0.3) is 5.91 Å². The molecule has 2 heterocycles. The van der Waals surface area contributed by atoms with E-state index in [1.807, 2.05) is 19.1 Å². The van der Waals surface area contributed by atoms with Crippen LogP contribution in [0.1, 0.15) is 72.5 Å². The zero-order valence-corrected chi connectivity index (χ0v) is 19.3. The Balaban J connectivity index is 1.17. The lowest BCUT2D eigenvalue weighted by Gasteiger charge is -2.23. The molecule has 6 nitrogen and oxygen atoms in total. The van der Waals surface area contributed by atoms with Crippen LogP contribution in [0, 0.1) is 0 Å². The highest BCUT2D eigenvalue weighted by molar-refractivity contribution is 5.94. The number of hydrogen-bond donors (Lipinski definition) is 3. The highest BCUT2D eigenvalue weighted by Crippen LogP contribution is 2.45. The third-order valence-electron chi connectivity index (χ3n) is 7.16. The van der Waals surface area contributed by atoms with Gasteiger partial charge in [-0.15, -0.1) is 8.78 Å². The van der Waals surface area contributed by atoms with Crippen molar-refractivity contribution in [3.63, 3.8) is 0 Å². The molecule has 182 valence electrons. The van der Waals surface area contributed by atoms with Crippen molar-refractivity contribution in [3.8, 4) is 11.5 Å². The number of hydrogen-bond acceptors (Lipinski definition) is 5. The lowest BCUT2D eigenvalue weighted by Crippen LogP contribution is -2.42. The van der Waals surface area contributed by atoms with Crippen molar-refractivity contribution in [2.24, 2.45) is 0 Å². The van der Waals surface area contributed by atoms with Gasteiger partial charge in [-0.05, 0) is 81.8 Å². The van der Waals surface area contributed by atoms with Crippen molar-refractivity contribution >= 4 is 5.91 Å². The Morgan fingerprint density at radius 3 is 2.56 bits per heavy atom. The number of piperidine rings is 1. The predicted octanol–water partition coefficient (Wildman–Crippen LogP) is 4.48. The van der Waals surface area contributed by atoms with Gasteiger partial charge in [-0.1, -0.05) is 24.3 Å². The van der Waals surface area contributed by atoms with Crippen LogP contribution < -0.4 is 25.4 Å². The van der Waals surface area contributed by atoms with Gasteiger partial charge >= 0.3 is 6.29 Å². The van der Waals surface area contributed by atoms with Crippen LogP contribution in [0.4, 0.5) is 8.78 Å². The van der Waals surface area contributed by atoms with Gasteiger partial charge in [0.05, 0.1) is 0 Å². The molecule has 3 N–H and O–H groups in total. The number of benzene rings is 2. The lowest BCUT2D eigenvalue weighted by atomic mass is 9.96. The topological polar surface area (TPSA) is 71.6 Å². The minimum absolute atomic E-state index is 0.00888. The maximum absolute atomic E-state index is 13.5. The second-order valence-electron chi connectivity index (χ2n) is 9.56. The number of alkyl halides is 2. The van der Waals surface area contributed by atoms with Crippen LogP contribution in [0.5, 0.6) is 11.5 Å². The summed E-state index contributed by atoms with van der Waals surface area (Å²) >= 11 is 0. The summed E-state index contributed by atoms with van der Waals surface area (Å²) in [4.78, 5) is 12.6. The van der Waals surface area contributed by atoms with E-state index < -0.39 is 6.29 Å². The third-order valence-corrected chi connectivity index (χ3v) is 7.16. The number of ether oxygens (including phenoxy) is 2. The number of nitrogens with one attached hydrogen (secondary N) is 3. The van der Waals surface area contributed by atoms with Crippen molar-refractivity contribution in [1.82, 2.24) is 16.0 Å². The zero-order valence-electron chi connectivity index (χ0n) is 19.3. The molecule has 1 unspecified atom stereocenters. The fourth-order valence-electron chi connectivity index (χ4n) is 5.35. The van der Waals surface area contributed by atoms with E-state index in [2.05, 4.69) is 32.8 Å². The van der Waals surface area contributed by atoms with Crippen LogP contribution in [0.25, 0.3) is 0 Å². The van der Waals surface area contributed by atoms with E-state index in [0.29, 0.717) is 17.0 Å². The highest BCUT2D eigenvalue weighted by atomic mass is 19.3. The molecule has 2 aromatic carbocycles. The maximum Gasteiger partial charge on any atom is 0.586 e. The Morgan fingerprint density at radius 2 is 1.79 bits per heavy atom. The summed E-state index contributed by atoms with van der Waals surface area (Å²) in [6.07, 6.45) is 1.30. The molecule has 0 spiro atoms. The highest BCUT2D eigenvalue weighted by Gasteiger charge is 2.45. The molecule has 0 radical (unpaired) electrons. The van der Waals surface area contributed by atoms with Gasteiger partial charge in [0.15, 0.2) is 11.5 Å². The maximum atomic E-state index is 13.5. The van der Waals surface area contributed by atoms with E-state index in [1.165, 1.54) is 11.6 Å². The molecule has 5 rings (SSSR count). The summed E-state index contributed by atoms with van der Waals surface area (Å²) in [5, 5.41) is 10.0. The minimum Gasteiger partial charge on any atom is -0.395 e. The Bertz CT molecular complexity index is 1020. The zero-order chi connectivity index (χ0) is 23.7. The Hall–Kier alpha value is -2.71. The van der Waals surface area contributed by atoms with Crippen molar-refractivity contribution in [3.05, 3.63) is 59.2 Å². The molecule has 3 aliphatic rings. The summed E-state index contributed by atoms with van der Waals surface area (Å²) in [6.45, 7) is 3.84. The van der Waals surface area contributed by atoms with Crippen LogP contribution in [0.15, 0.2) is 42.5 Å². The van der Waals surface area contributed by atoms with Crippen LogP contribution >= 0.6 is 0 Å². The summed E-state index contributed by atoms with van der Waals surface area (Å²) in [6, 6.07) is 13.3. The van der Waals surface area contributed by atoms with Gasteiger partial charge in [0.2, 0.25) is 0 Å². The van der Waals surface area contributed by atoms with Crippen molar-refractivity contribution < 1.29 is 23.0 Å². The first kappa shape index (κ1) is 23.1. The summed E-state index contributed by atoms with van der Waals surface area (Å²) in [5.41, 5.74) is 2.59. The van der Waals surface area contributed by atoms with Gasteiger partial charge in [-0.2, -0.15) is 0 Å². The molecule has 2 fully saturated rings. The molecule has 1 saturated carbocycles. The molecule has 1 amide bonds. The molecule has 34 heavy (non-hydrogen) atoms. The molecule has 2 aromatic rings. The quantitative estimate of drug-likeness (QED) is 0.580. The van der Waals surface area contributed by atoms with Gasteiger partial charge in [-0.3, -0.25) is 4.79 Å². The van der Waals surface area contributed by atoms with E-state index in [9.17, 15) is 13.6 Å². The first-order valence-electron chi connectivity index (χ1n) is 12.1. The smallest absolute Gasteiger partial charge is 0.395 e. The first-order valence-corrected chi connectivity index (χ1v) is 12.1. The standard InChI is InChI=1S/C26H31F2N3O3/c1-16(22-3-2-4-23-24(22)34-26(27,28)33-23)30-21-10-9-19(15-21)17-5-7-18(8-6-17)25(32)31-20-11-13-29-14-12-20/h2-8,16,19-21,29-30H,9-15H2,1H3,(H,31,32)/t16-,19+,21?/m1/s1. The van der Waals surface area contributed by atoms with E-state index in [0.717, 1.165) is 45.2 Å². The fourth-order valence-corrected chi connectivity index (χ4v) is 5.35. The normalized spacial score (nSPS) is 24.7. The van der Waals surface area contributed by atoms with E-state index >= 15 is 0 Å². The van der Waals surface area contributed by atoms with Crippen LogP contribution in [-0.4, -0.2) is 37.4 Å². The Labute approximate surface area is 198 Å². The largest absolute Gasteiger partial charge is 0.586 e. The number of fused-ring (bicyclic) bond motifs is 1. The first-order chi connectivity index (χ1) is 16.4. The number of carbonyl (C=O) groups is 1. The number of para-hydroxylation sites is 1. The van der Waals surface area contributed by atoms with Gasteiger partial charge < -0.3 is 25.4 Å². The van der Waals surface area contributed by atoms with E-state index in [-0.39, 0.29) is 35.5 Å². The summed E-state index contributed by atoms with van der Waals surface area (Å²) in [5.74, 6) is 0.576. The number of halogens is 2. The van der Waals surface area contributed by atoms with Crippen molar-refractivity contribution in [2.75, 3.05) is 13.1 Å². The molecular formula is C26H31F2N3O3. The van der Waals surface area contributed by atoms with Crippen LogP contribution in [-0.2, 0) is 0 Å². The average Bonchev–Trinajstić information content (AvgIpc) is 3.42. The number of rotatable bonds is 6. The van der Waals surface area contributed by atoms with Crippen molar-refractivity contribution in [1.29, 1.82) is 0 Å². The monoisotopic (exact) mass is 471 g/mol. The number of carbonyl (C=O) groups excluding carboxylic acids is 1. The van der Waals surface area contributed by atoms with Crippen LogP contribution in [0.3, 0.4) is 0 Å². The second-order valence-corrected chi connectivity index (χ2v) is 9.56. The van der Waals surface area contributed by atoms with E-state index in [1.54, 1.807) is 12.1 Å². The average molecular weight is 472 g/mol. The SMILES string of the molecule is C[C@@H](NC1CC[C@H](c2ccc(C(=O)NC3CCNCC3)cc2)C1)c1cccc2c1OC(F)(F)O2. The van der Waals surface area contributed by atoms with E-state index in [4.69, 9.17) is 4.74 Å². The molecule has 2 aliphatic heterocycles. The molecule has 3 atom stereocenters. The molecule has 0 aromatic heterocycles. The molecule has 0 bridgehead atoms. The number of amides is 1. The van der Waals surface area contributed by atoms with Crippen LogP contribution in [0.2, 0.25) is 0 Å². The lowest BCUT2D eigenvalue weighted by molar-refractivity contribution is -0.287. The van der Waals surface area contributed by atoms with Gasteiger partial charge in [-0.25, -0.2) is 0 Å². The minimum atomic E-state index is -3.62. The summed E-state index contributed by atoms with van der Waals surface area (Å²) in [7, 11) is 0.